The lowest BCUT2D eigenvalue weighted by Crippen LogP contribution is -2.61. The predicted octanol–water partition coefficient (Wildman–Crippen LogP) is 4.13. The fourth-order valence-corrected chi connectivity index (χ4v) is 5.82. The lowest BCUT2D eigenvalue weighted by Gasteiger charge is -2.53. The minimum atomic E-state index is -0.302. The Balaban J connectivity index is 1.14. The van der Waals surface area contributed by atoms with Crippen LogP contribution in [0.5, 0.6) is 0 Å². The normalized spacial score (nSPS) is 23.5. The standard InChI is InChI=1S/C28H30FN5O2/c1-18-7-8-22-25(32-18)19(20(29)15-30-22)9-10-28-13-11-27(12-14-28,17-36-28)31-16-23-26(35)34(2)24-6-4-3-5-21(24)33-23/h3-8,15,31H,9-14,16-17H2,1-2H3. The van der Waals surface area contributed by atoms with Crippen molar-refractivity contribution < 1.29 is 9.13 Å². The van der Waals surface area contributed by atoms with Crippen LogP contribution in [0.15, 0.2) is 47.4 Å². The third kappa shape index (κ3) is 3.98. The number of ether oxygens (including phenoxy) is 1. The van der Waals surface area contributed by atoms with Crippen molar-refractivity contribution in [1.29, 1.82) is 0 Å². The summed E-state index contributed by atoms with van der Waals surface area (Å²) in [6.07, 6.45) is 6.34. The van der Waals surface area contributed by atoms with E-state index in [4.69, 9.17) is 4.74 Å². The molecule has 36 heavy (non-hydrogen) atoms. The first-order valence-electron chi connectivity index (χ1n) is 12.6. The third-order valence-corrected chi connectivity index (χ3v) is 8.19. The lowest BCUT2D eigenvalue weighted by atomic mass is 9.69. The van der Waals surface area contributed by atoms with Gasteiger partial charge in [-0.25, -0.2) is 9.37 Å². The van der Waals surface area contributed by atoms with Gasteiger partial charge in [-0.3, -0.25) is 14.8 Å². The van der Waals surface area contributed by atoms with Crippen LogP contribution >= 0.6 is 0 Å². The molecule has 8 heteroatoms. The molecule has 5 heterocycles. The second kappa shape index (κ2) is 8.71. The Hall–Kier alpha value is -3.23. The molecular weight excluding hydrogens is 457 g/mol. The van der Waals surface area contributed by atoms with E-state index in [-0.39, 0.29) is 22.5 Å². The van der Waals surface area contributed by atoms with E-state index in [2.05, 4.69) is 20.3 Å². The summed E-state index contributed by atoms with van der Waals surface area (Å²) >= 11 is 0. The van der Waals surface area contributed by atoms with Gasteiger partial charge in [0.05, 0.1) is 40.5 Å². The van der Waals surface area contributed by atoms with Crippen LogP contribution in [0.2, 0.25) is 0 Å². The molecule has 7 rings (SSSR count). The van der Waals surface area contributed by atoms with Crippen molar-refractivity contribution in [3.05, 3.63) is 75.7 Å². The van der Waals surface area contributed by atoms with Gasteiger partial charge in [0.15, 0.2) is 0 Å². The molecule has 186 valence electrons. The third-order valence-electron chi connectivity index (χ3n) is 8.19. The highest BCUT2D eigenvalue weighted by molar-refractivity contribution is 5.78. The number of halogens is 1. The Labute approximate surface area is 208 Å². The van der Waals surface area contributed by atoms with Gasteiger partial charge in [-0.15, -0.1) is 0 Å². The second-order valence-corrected chi connectivity index (χ2v) is 10.4. The van der Waals surface area contributed by atoms with Crippen LogP contribution in [0.4, 0.5) is 4.39 Å². The number of nitrogens with one attached hydrogen (secondary N) is 1. The fraction of sp³-hybridized carbons (Fsp3) is 0.429. The number of para-hydroxylation sites is 2. The van der Waals surface area contributed by atoms with Crippen LogP contribution in [-0.4, -0.2) is 37.3 Å². The zero-order valence-corrected chi connectivity index (χ0v) is 20.7. The van der Waals surface area contributed by atoms with Crippen LogP contribution in [0, 0.1) is 12.7 Å². The van der Waals surface area contributed by atoms with Crippen LogP contribution in [0.1, 0.15) is 49.1 Å². The van der Waals surface area contributed by atoms with Crippen LogP contribution < -0.4 is 10.9 Å². The molecule has 0 atom stereocenters. The molecule has 0 spiro atoms. The van der Waals surface area contributed by atoms with E-state index in [1.54, 1.807) is 11.6 Å². The van der Waals surface area contributed by atoms with E-state index in [9.17, 15) is 9.18 Å². The topological polar surface area (TPSA) is 81.9 Å². The molecule has 0 unspecified atom stereocenters. The number of hydrogen-bond acceptors (Lipinski definition) is 6. The van der Waals surface area contributed by atoms with Crippen molar-refractivity contribution in [2.45, 2.75) is 63.1 Å². The molecule has 7 nitrogen and oxygen atoms in total. The average Bonchev–Trinajstić information content (AvgIpc) is 2.90. The predicted molar refractivity (Wildman–Crippen MR) is 136 cm³/mol. The Morgan fingerprint density at radius 3 is 2.67 bits per heavy atom. The van der Waals surface area contributed by atoms with Crippen LogP contribution in [0.3, 0.4) is 0 Å². The summed E-state index contributed by atoms with van der Waals surface area (Å²) in [7, 11) is 1.79. The monoisotopic (exact) mass is 487 g/mol. The van der Waals surface area contributed by atoms with E-state index < -0.39 is 0 Å². The molecule has 2 aliphatic heterocycles. The first-order valence-corrected chi connectivity index (χ1v) is 12.6. The molecule has 3 aromatic heterocycles. The number of rotatable bonds is 6. The van der Waals surface area contributed by atoms with Gasteiger partial charge >= 0.3 is 0 Å². The summed E-state index contributed by atoms with van der Waals surface area (Å²) in [6, 6.07) is 11.5. The highest BCUT2D eigenvalue weighted by atomic mass is 19.1. The Kier molecular flexibility index (Phi) is 5.61. The number of aryl methyl sites for hydroxylation is 3. The Morgan fingerprint density at radius 2 is 1.89 bits per heavy atom. The summed E-state index contributed by atoms with van der Waals surface area (Å²) in [5, 5.41) is 3.62. The largest absolute Gasteiger partial charge is 0.373 e. The number of aromatic nitrogens is 4. The summed E-state index contributed by atoms with van der Waals surface area (Å²) < 4.78 is 22.9. The first-order chi connectivity index (χ1) is 17.4. The van der Waals surface area contributed by atoms with Gasteiger partial charge in [-0.1, -0.05) is 12.1 Å². The van der Waals surface area contributed by atoms with Crippen molar-refractivity contribution in [1.82, 2.24) is 24.8 Å². The molecule has 0 radical (unpaired) electrons. The van der Waals surface area contributed by atoms with Gasteiger partial charge in [0, 0.05) is 30.4 Å². The Morgan fingerprint density at radius 1 is 1.08 bits per heavy atom. The average molecular weight is 488 g/mol. The zero-order valence-electron chi connectivity index (χ0n) is 20.7. The molecule has 1 aromatic carbocycles. The molecule has 1 saturated carbocycles. The van der Waals surface area contributed by atoms with E-state index in [1.165, 1.54) is 6.20 Å². The summed E-state index contributed by atoms with van der Waals surface area (Å²) in [4.78, 5) is 26.3. The smallest absolute Gasteiger partial charge is 0.273 e. The van der Waals surface area contributed by atoms with Crippen molar-refractivity contribution in [3.8, 4) is 0 Å². The van der Waals surface area contributed by atoms with E-state index in [0.717, 1.165) is 54.3 Å². The fourth-order valence-electron chi connectivity index (χ4n) is 5.82. The maximum Gasteiger partial charge on any atom is 0.273 e. The summed E-state index contributed by atoms with van der Waals surface area (Å²) in [5.41, 5.74) is 4.55. The number of fused-ring (bicyclic) bond motifs is 5. The van der Waals surface area contributed by atoms with E-state index >= 15 is 0 Å². The molecule has 3 fully saturated rings. The lowest BCUT2D eigenvalue weighted by molar-refractivity contribution is -0.165. The zero-order chi connectivity index (χ0) is 24.9. The number of nitrogens with zero attached hydrogens (tertiary/aromatic N) is 4. The quantitative estimate of drug-likeness (QED) is 0.441. The van der Waals surface area contributed by atoms with Gasteiger partial charge in [0.2, 0.25) is 0 Å². The molecule has 1 N–H and O–H groups in total. The van der Waals surface area contributed by atoms with Crippen molar-refractivity contribution >= 4 is 22.1 Å². The highest BCUT2D eigenvalue weighted by Crippen LogP contribution is 2.46. The molecule has 3 aliphatic rings. The van der Waals surface area contributed by atoms with Gasteiger partial charge in [-0.2, -0.15) is 0 Å². The van der Waals surface area contributed by atoms with Crippen molar-refractivity contribution in [2.24, 2.45) is 7.05 Å². The minimum Gasteiger partial charge on any atom is -0.373 e. The van der Waals surface area contributed by atoms with Gasteiger partial charge < -0.3 is 14.6 Å². The molecule has 1 aliphatic carbocycles. The SMILES string of the molecule is Cc1ccc2ncc(F)c(CCC34CCC(NCc5nc6ccccc6n(C)c5=O)(CC3)CO4)c2n1. The molecule has 2 bridgehead atoms. The van der Waals surface area contributed by atoms with Crippen molar-refractivity contribution in [3.63, 3.8) is 0 Å². The number of hydrogen-bond donors (Lipinski definition) is 1. The molecular formula is C28H30FN5O2. The maximum absolute atomic E-state index is 14.7. The van der Waals surface area contributed by atoms with Crippen LogP contribution in [0.25, 0.3) is 22.1 Å². The maximum atomic E-state index is 14.7. The second-order valence-electron chi connectivity index (χ2n) is 10.4. The van der Waals surface area contributed by atoms with Gasteiger partial charge in [0.1, 0.15) is 11.5 Å². The molecule has 4 aromatic rings. The van der Waals surface area contributed by atoms with Crippen LogP contribution in [-0.2, 0) is 24.8 Å². The minimum absolute atomic E-state index is 0.0741. The van der Waals surface area contributed by atoms with E-state index in [1.807, 2.05) is 43.3 Å². The summed E-state index contributed by atoms with van der Waals surface area (Å²) in [6.45, 7) is 2.90. The molecule has 0 amide bonds. The highest BCUT2D eigenvalue weighted by Gasteiger charge is 2.49. The Bertz CT molecular complexity index is 1500. The number of benzene rings is 1. The van der Waals surface area contributed by atoms with Gasteiger partial charge in [0.25, 0.3) is 5.56 Å². The first kappa shape index (κ1) is 23.2. The summed E-state index contributed by atoms with van der Waals surface area (Å²) in [5.74, 6) is -0.302. The van der Waals surface area contributed by atoms with Crippen molar-refractivity contribution in [2.75, 3.05) is 6.61 Å². The van der Waals surface area contributed by atoms with Gasteiger partial charge in [-0.05, 0) is 69.7 Å². The number of pyridine rings is 2. The van der Waals surface area contributed by atoms with E-state index in [0.29, 0.717) is 36.3 Å². The molecule has 2 saturated heterocycles.